The van der Waals surface area contributed by atoms with E-state index >= 15 is 0 Å². The van der Waals surface area contributed by atoms with Crippen molar-refractivity contribution in [2.45, 2.75) is 37.8 Å². The van der Waals surface area contributed by atoms with Gasteiger partial charge < -0.3 is 19.3 Å². The number of methoxy groups -OCH3 is 1. The van der Waals surface area contributed by atoms with E-state index in [-0.39, 0.29) is 12.5 Å². The maximum atomic E-state index is 12.6. The van der Waals surface area contributed by atoms with Gasteiger partial charge in [0.15, 0.2) is 6.61 Å². The van der Waals surface area contributed by atoms with Crippen LogP contribution in [0.1, 0.15) is 25.7 Å². The molecule has 1 amide bonds. The molecule has 0 N–H and O–H groups in total. The number of ether oxygens (including phenoxy) is 2. The summed E-state index contributed by atoms with van der Waals surface area (Å²) < 4.78 is 11.2. The molecule has 2 saturated heterocycles. The minimum Gasteiger partial charge on any atom is -0.484 e. The fourth-order valence-electron chi connectivity index (χ4n) is 4.45. The fraction of sp³-hybridized carbons (Fsp3) is 0.522. The summed E-state index contributed by atoms with van der Waals surface area (Å²) >= 11 is 0. The molecule has 0 unspecified atom stereocenters. The van der Waals surface area contributed by atoms with Gasteiger partial charge in [-0.15, -0.1) is 0 Å². The van der Waals surface area contributed by atoms with Crippen molar-refractivity contribution in [2.24, 2.45) is 0 Å². The highest BCUT2D eigenvalue weighted by molar-refractivity contribution is 5.84. The van der Waals surface area contributed by atoms with E-state index in [1.807, 2.05) is 42.3 Å². The zero-order valence-electron chi connectivity index (χ0n) is 16.7. The zero-order chi connectivity index (χ0) is 19.3. The normalized spacial score (nSPS) is 19.8. The standard InChI is InChI=1S/C23H30N2O3/c1-27-21-10-14-24(15-11-21)20-8-12-25(13-9-20)23(26)17-28-22-7-6-18-4-2-3-5-19(18)16-22/h2-7,16,20-21H,8-15,17H2,1H3. The highest BCUT2D eigenvalue weighted by Gasteiger charge is 2.29. The number of rotatable bonds is 5. The highest BCUT2D eigenvalue weighted by atomic mass is 16.5. The van der Waals surface area contributed by atoms with Crippen molar-refractivity contribution in [1.29, 1.82) is 0 Å². The van der Waals surface area contributed by atoms with E-state index in [1.165, 1.54) is 5.39 Å². The number of likely N-dealkylation sites (tertiary alicyclic amines) is 2. The van der Waals surface area contributed by atoms with Crippen molar-refractivity contribution in [3.63, 3.8) is 0 Å². The van der Waals surface area contributed by atoms with Crippen LogP contribution in [-0.2, 0) is 9.53 Å². The van der Waals surface area contributed by atoms with Crippen LogP contribution in [0.2, 0.25) is 0 Å². The van der Waals surface area contributed by atoms with Crippen LogP contribution in [0.25, 0.3) is 10.8 Å². The summed E-state index contributed by atoms with van der Waals surface area (Å²) in [7, 11) is 1.81. The smallest absolute Gasteiger partial charge is 0.260 e. The minimum atomic E-state index is 0.0877. The van der Waals surface area contributed by atoms with E-state index < -0.39 is 0 Å². The van der Waals surface area contributed by atoms with Crippen LogP contribution in [0.5, 0.6) is 5.75 Å². The lowest BCUT2D eigenvalue weighted by molar-refractivity contribution is -0.135. The third-order valence-electron chi connectivity index (χ3n) is 6.23. The van der Waals surface area contributed by atoms with Gasteiger partial charge in [-0.2, -0.15) is 0 Å². The number of piperidine rings is 2. The molecule has 2 fully saturated rings. The Morgan fingerprint density at radius 1 is 0.964 bits per heavy atom. The molecule has 2 aliphatic heterocycles. The molecule has 150 valence electrons. The maximum absolute atomic E-state index is 12.6. The van der Waals surface area contributed by atoms with Crippen LogP contribution in [0.15, 0.2) is 42.5 Å². The van der Waals surface area contributed by atoms with Crippen molar-refractivity contribution in [1.82, 2.24) is 9.80 Å². The van der Waals surface area contributed by atoms with Gasteiger partial charge in [0.1, 0.15) is 5.75 Å². The molecule has 0 spiro atoms. The van der Waals surface area contributed by atoms with Crippen LogP contribution in [0.3, 0.4) is 0 Å². The van der Waals surface area contributed by atoms with Gasteiger partial charge in [-0.1, -0.05) is 30.3 Å². The Labute approximate surface area is 167 Å². The molecule has 2 heterocycles. The number of carbonyl (C=O) groups excluding carboxylic acids is 1. The first-order chi connectivity index (χ1) is 13.7. The van der Waals surface area contributed by atoms with E-state index in [4.69, 9.17) is 9.47 Å². The largest absolute Gasteiger partial charge is 0.484 e. The van der Waals surface area contributed by atoms with E-state index in [9.17, 15) is 4.79 Å². The number of nitrogens with zero attached hydrogens (tertiary/aromatic N) is 2. The lowest BCUT2D eigenvalue weighted by atomic mass is 9.99. The Hall–Kier alpha value is -2.11. The maximum Gasteiger partial charge on any atom is 0.260 e. The molecule has 5 nitrogen and oxygen atoms in total. The van der Waals surface area contributed by atoms with Crippen LogP contribution in [0.4, 0.5) is 0 Å². The summed E-state index contributed by atoms with van der Waals surface area (Å²) in [6.07, 6.45) is 4.77. The second-order valence-electron chi connectivity index (χ2n) is 7.88. The molecule has 2 aromatic carbocycles. The van der Waals surface area contributed by atoms with Gasteiger partial charge in [0.25, 0.3) is 5.91 Å². The van der Waals surface area contributed by atoms with Crippen molar-refractivity contribution in [3.05, 3.63) is 42.5 Å². The van der Waals surface area contributed by atoms with Gasteiger partial charge in [0.05, 0.1) is 6.10 Å². The van der Waals surface area contributed by atoms with Crippen LogP contribution in [0, 0.1) is 0 Å². The summed E-state index contributed by atoms with van der Waals surface area (Å²) in [4.78, 5) is 17.1. The molecule has 0 aliphatic carbocycles. The first-order valence-electron chi connectivity index (χ1n) is 10.4. The summed E-state index contributed by atoms with van der Waals surface area (Å²) in [5, 5.41) is 2.31. The number of benzene rings is 2. The lowest BCUT2D eigenvalue weighted by Gasteiger charge is -2.41. The quantitative estimate of drug-likeness (QED) is 0.796. The third-order valence-corrected chi connectivity index (χ3v) is 6.23. The molecule has 0 saturated carbocycles. The van der Waals surface area contributed by atoms with Crippen molar-refractivity contribution >= 4 is 16.7 Å². The Balaban J connectivity index is 1.23. The van der Waals surface area contributed by atoms with E-state index in [1.54, 1.807) is 0 Å². The minimum absolute atomic E-state index is 0.0877. The Morgan fingerprint density at radius 3 is 2.39 bits per heavy atom. The molecule has 0 bridgehead atoms. The molecular formula is C23H30N2O3. The second-order valence-corrected chi connectivity index (χ2v) is 7.88. The SMILES string of the molecule is COC1CCN(C2CCN(C(=O)COc3ccc4ccccc4c3)CC2)CC1. The Kier molecular flexibility index (Phi) is 6.13. The Morgan fingerprint density at radius 2 is 1.68 bits per heavy atom. The topological polar surface area (TPSA) is 42.0 Å². The lowest BCUT2D eigenvalue weighted by Crippen LogP contribution is -2.50. The van der Waals surface area contributed by atoms with Gasteiger partial charge in [-0.25, -0.2) is 0 Å². The summed E-state index contributed by atoms with van der Waals surface area (Å²) in [5.41, 5.74) is 0. The van der Waals surface area contributed by atoms with Gasteiger partial charge in [0.2, 0.25) is 0 Å². The highest BCUT2D eigenvalue weighted by Crippen LogP contribution is 2.23. The molecule has 0 atom stereocenters. The number of amides is 1. The van der Waals surface area contributed by atoms with Crippen LogP contribution in [-0.4, -0.2) is 67.7 Å². The van der Waals surface area contributed by atoms with Crippen molar-refractivity contribution in [3.8, 4) is 5.75 Å². The first kappa shape index (κ1) is 19.2. The number of fused-ring (bicyclic) bond motifs is 1. The van der Waals surface area contributed by atoms with Crippen molar-refractivity contribution < 1.29 is 14.3 Å². The van der Waals surface area contributed by atoms with Crippen LogP contribution < -0.4 is 4.74 Å². The van der Waals surface area contributed by atoms with E-state index in [2.05, 4.69) is 17.0 Å². The molecule has 0 aromatic heterocycles. The molecule has 28 heavy (non-hydrogen) atoms. The van der Waals surface area contributed by atoms with Gasteiger partial charge >= 0.3 is 0 Å². The number of hydrogen-bond donors (Lipinski definition) is 0. The predicted molar refractivity (Wildman–Crippen MR) is 111 cm³/mol. The number of hydrogen-bond acceptors (Lipinski definition) is 4. The van der Waals surface area contributed by atoms with Gasteiger partial charge in [-0.3, -0.25) is 4.79 Å². The Bertz CT molecular complexity index is 793. The molecule has 2 aliphatic rings. The average Bonchev–Trinajstić information content (AvgIpc) is 2.77. The molecular weight excluding hydrogens is 352 g/mol. The first-order valence-corrected chi connectivity index (χ1v) is 10.4. The summed E-state index contributed by atoms with van der Waals surface area (Å²) in [5.74, 6) is 0.840. The monoisotopic (exact) mass is 382 g/mol. The molecule has 0 radical (unpaired) electrons. The van der Waals surface area contributed by atoms with E-state index in [0.717, 1.165) is 63.0 Å². The zero-order valence-corrected chi connectivity index (χ0v) is 16.7. The molecule has 5 heteroatoms. The van der Waals surface area contributed by atoms with E-state index in [0.29, 0.717) is 12.1 Å². The van der Waals surface area contributed by atoms with Gasteiger partial charge in [0, 0.05) is 39.3 Å². The average molecular weight is 383 g/mol. The molecule has 4 rings (SSSR count). The predicted octanol–water partition coefficient (Wildman–Crippen LogP) is 3.32. The van der Waals surface area contributed by atoms with Crippen LogP contribution >= 0.6 is 0 Å². The fourth-order valence-corrected chi connectivity index (χ4v) is 4.45. The summed E-state index contributed by atoms with van der Waals surface area (Å²) in [6, 6.07) is 14.7. The summed E-state index contributed by atoms with van der Waals surface area (Å²) in [6.45, 7) is 4.00. The van der Waals surface area contributed by atoms with Gasteiger partial charge in [-0.05, 0) is 48.6 Å². The third kappa shape index (κ3) is 4.47. The number of carbonyl (C=O) groups is 1. The molecule has 2 aromatic rings. The van der Waals surface area contributed by atoms with Crippen molar-refractivity contribution in [2.75, 3.05) is 39.9 Å². The second kappa shape index (κ2) is 8.93.